The van der Waals surface area contributed by atoms with Crippen LogP contribution in [0.15, 0.2) is 12.1 Å². The molecule has 0 saturated heterocycles. The molecule has 0 aromatic heterocycles. The zero-order valence-corrected chi connectivity index (χ0v) is 15.8. The number of carbonyl (C=O) groups is 1. The lowest BCUT2D eigenvalue weighted by atomic mass is 10.2. The van der Waals surface area contributed by atoms with Gasteiger partial charge in [0.05, 0.1) is 24.2 Å². The van der Waals surface area contributed by atoms with E-state index >= 15 is 0 Å². The lowest BCUT2D eigenvalue weighted by molar-refractivity contribution is 0.0635. The highest BCUT2D eigenvalue weighted by Crippen LogP contribution is 2.35. The summed E-state index contributed by atoms with van der Waals surface area (Å²) in [6.07, 6.45) is -0.547. The third-order valence-corrected chi connectivity index (χ3v) is 3.28. The van der Waals surface area contributed by atoms with Crippen LogP contribution in [-0.4, -0.2) is 57.9 Å². The van der Waals surface area contributed by atoms with Gasteiger partial charge in [-0.3, -0.25) is 5.32 Å². The van der Waals surface area contributed by atoms with Crippen LogP contribution in [0.25, 0.3) is 0 Å². The third kappa shape index (κ3) is 6.16. The van der Waals surface area contributed by atoms with Gasteiger partial charge in [0.25, 0.3) is 0 Å². The zero-order chi connectivity index (χ0) is 18.5. The summed E-state index contributed by atoms with van der Waals surface area (Å²) in [6, 6.07) is 3.50. The van der Waals surface area contributed by atoms with E-state index in [-0.39, 0.29) is 0 Å². The van der Waals surface area contributed by atoms with E-state index in [0.717, 1.165) is 18.8 Å². The summed E-state index contributed by atoms with van der Waals surface area (Å²) in [5, 5.41) is 2.68. The van der Waals surface area contributed by atoms with E-state index in [1.165, 1.54) is 0 Å². The smallest absolute Gasteiger partial charge is 0.412 e. The number of nitrogens with zero attached hydrogens (tertiary/aromatic N) is 2. The molecule has 0 aliphatic carbocycles. The number of amides is 1. The fraction of sp³-hybridized carbons (Fsp3) is 0.588. The van der Waals surface area contributed by atoms with Crippen LogP contribution in [0.5, 0.6) is 5.75 Å². The number of methoxy groups -OCH3 is 1. The van der Waals surface area contributed by atoms with E-state index in [1.54, 1.807) is 33.9 Å². The van der Waals surface area contributed by atoms with Crippen LogP contribution in [-0.2, 0) is 4.74 Å². The van der Waals surface area contributed by atoms with Crippen molar-refractivity contribution in [2.75, 3.05) is 57.3 Å². The number of ether oxygens (including phenoxy) is 2. The molecule has 0 heterocycles. The summed E-state index contributed by atoms with van der Waals surface area (Å²) in [7, 11) is 7.56. The number of carbonyl (C=O) groups excluding carboxylic acids is 1. The van der Waals surface area contributed by atoms with Crippen LogP contribution < -0.4 is 20.7 Å². The van der Waals surface area contributed by atoms with E-state index < -0.39 is 11.7 Å². The van der Waals surface area contributed by atoms with Crippen LogP contribution in [0.3, 0.4) is 0 Å². The van der Waals surface area contributed by atoms with Gasteiger partial charge in [0.2, 0.25) is 0 Å². The Morgan fingerprint density at radius 3 is 2.33 bits per heavy atom. The largest absolute Gasteiger partial charge is 0.494 e. The molecule has 1 amide bonds. The molecule has 3 N–H and O–H groups in total. The van der Waals surface area contributed by atoms with Gasteiger partial charge in [0, 0.05) is 26.2 Å². The highest BCUT2D eigenvalue weighted by atomic mass is 16.6. The van der Waals surface area contributed by atoms with Crippen LogP contribution in [0.2, 0.25) is 0 Å². The molecule has 0 fully saturated rings. The van der Waals surface area contributed by atoms with Gasteiger partial charge < -0.3 is 25.0 Å². The van der Waals surface area contributed by atoms with Gasteiger partial charge in [0.15, 0.2) is 0 Å². The molecule has 136 valence electrons. The summed E-state index contributed by atoms with van der Waals surface area (Å²) >= 11 is 0. The fourth-order valence-electron chi connectivity index (χ4n) is 2.07. The molecule has 7 nitrogen and oxygen atoms in total. The van der Waals surface area contributed by atoms with Crippen molar-refractivity contribution in [3.8, 4) is 5.75 Å². The van der Waals surface area contributed by atoms with Crippen molar-refractivity contribution >= 4 is 23.2 Å². The number of likely N-dealkylation sites (N-methyl/N-ethyl adjacent to an activating group) is 2. The third-order valence-electron chi connectivity index (χ3n) is 3.28. The maximum absolute atomic E-state index is 12.0. The highest BCUT2D eigenvalue weighted by Gasteiger charge is 2.19. The van der Waals surface area contributed by atoms with Gasteiger partial charge in [0.1, 0.15) is 11.4 Å². The summed E-state index contributed by atoms with van der Waals surface area (Å²) in [4.78, 5) is 16.1. The average molecular weight is 338 g/mol. The molecular formula is C17H30N4O3. The molecule has 1 rings (SSSR count). The minimum Gasteiger partial charge on any atom is -0.494 e. The van der Waals surface area contributed by atoms with Crippen molar-refractivity contribution in [3.63, 3.8) is 0 Å². The van der Waals surface area contributed by atoms with E-state index in [0.29, 0.717) is 17.1 Å². The minimum absolute atomic E-state index is 0.481. The maximum atomic E-state index is 12.0. The second-order valence-electron chi connectivity index (χ2n) is 6.96. The summed E-state index contributed by atoms with van der Waals surface area (Å²) in [5.41, 5.74) is 7.47. The summed E-state index contributed by atoms with van der Waals surface area (Å²) in [6.45, 7) is 7.14. The number of hydrogen-bond donors (Lipinski definition) is 2. The summed E-state index contributed by atoms with van der Waals surface area (Å²) < 4.78 is 10.6. The Morgan fingerprint density at radius 2 is 1.83 bits per heavy atom. The second-order valence-corrected chi connectivity index (χ2v) is 6.96. The SMILES string of the molecule is COc1cc(N(C)CCN(C)C)c(N)cc1NC(=O)OC(C)(C)C. The van der Waals surface area contributed by atoms with Crippen molar-refractivity contribution < 1.29 is 14.3 Å². The van der Waals surface area contributed by atoms with Crippen LogP contribution >= 0.6 is 0 Å². The van der Waals surface area contributed by atoms with Crippen molar-refractivity contribution in [2.24, 2.45) is 0 Å². The average Bonchev–Trinajstić information content (AvgIpc) is 2.42. The van der Waals surface area contributed by atoms with Gasteiger partial charge in [-0.15, -0.1) is 0 Å². The molecule has 7 heteroatoms. The Hall–Kier alpha value is -2.15. The van der Waals surface area contributed by atoms with Gasteiger partial charge >= 0.3 is 6.09 Å². The quantitative estimate of drug-likeness (QED) is 0.776. The molecule has 1 aromatic carbocycles. The first kappa shape index (κ1) is 19.9. The normalized spacial score (nSPS) is 11.3. The second kappa shape index (κ2) is 8.10. The number of nitrogen functional groups attached to an aromatic ring is 1. The first-order valence-corrected chi connectivity index (χ1v) is 7.87. The summed E-state index contributed by atoms with van der Waals surface area (Å²) in [5.74, 6) is 0.529. The van der Waals surface area contributed by atoms with E-state index in [1.807, 2.05) is 27.2 Å². The van der Waals surface area contributed by atoms with Gasteiger partial charge in [-0.1, -0.05) is 0 Å². The number of anilines is 3. The van der Waals surface area contributed by atoms with E-state index in [2.05, 4.69) is 15.1 Å². The topological polar surface area (TPSA) is 80.1 Å². The molecule has 0 saturated carbocycles. The standard InChI is InChI=1S/C17H30N4O3/c1-17(2,3)24-16(22)19-13-10-12(18)14(11-15(13)23-7)21(6)9-8-20(4)5/h10-11H,8-9,18H2,1-7H3,(H,19,22). The molecule has 0 spiro atoms. The Morgan fingerprint density at radius 1 is 1.21 bits per heavy atom. The van der Waals surface area contributed by atoms with Gasteiger partial charge in [-0.05, 0) is 40.9 Å². The lowest BCUT2D eigenvalue weighted by Crippen LogP contribution is -2.29. The van der Waals surface area contributed by atoms with Crippen molar-refractivity contribution in [1.82, 2.24) is 4.90 Å². The van der Waals surface area contributed by atoms with E-state index in [4.69, 9.17) is 15.2 Å². The van der Waals surface area contributed by atoms with E-state index in [9.17, 15) is 4.79 Å². The van der Waals surface area contributed by atoms with Crippen molar-refractivity contribution in [2.45, 2.75) is 26.4 Å². The minimum atomic E-state index is -0.574. The predicted octanol–water partition coefficient (Wildman–Crippen LogP) is 2.62. The monoisotopic (exact) mass is 338 g/mol. The molecule has 0 unspecified atom stereocenters. The highest BCUT2D eigenvalue weighted by molar-refractivity contribution is 5.90. The van der Waals surface area contributed by atoms with Crippen molar-refractivity contribution in [3.05, 3.63) is 12.1 Å². The Bertz CT molecular complexity index is 568. The molecule has 0 bridgehead atoms. The Balaban J connectivity index is 2.97. The van der Waals surface area contributed by atoms with Crippen LogP contribution in [0, 0.1) is 0 Å². The van der Waals surface area contributed by atoms with Crippen LogP contribution in [0.4, 0.5) is 21.9 Å². The number of benzene rings is 1. The molecule has 0 aliphatic rings. The number of nitrogens with two attached hydrogens (primary N) is 1. The zero-order valence-electron chi connectivity index (χ0n) is 15.8. The van der Waals surface area contributed by atoms with Crippen molar-refractivity contribution in [1.29, 1.82) is 0 Å². The Labute approximate surface area is 144 Å². The molecule has 1 aromatic rings. The lowest BCUT2D eigenvalue weighted by Gasteiger charge is -2.25. The van der Waals surface area contributed by atoms with Crippen LogP contribution in [0.1, 0.15) is 20.8 Å². The number of rotatable bonds is 6. The molecule has 0 atom stereocenters. The van der Waals surface area contributed by atoms with Gasteiger partial charge in [-0.25, -0.2) is 4.79 Å². The number of hydrogen-bond acceptors (Lipinski definition) is 6. The Kier molecular flexibility index (Phi) is 6.71. The number of nitrogens with one attached hydrogen (secondary N) is 1. The molecule has 0 radical (unpaired) electrons. The molecular weight excluding hydrogens is 308 g/mol. The predicted molar refractivity (Wildman–Crippen MR) is 99.1 cm³/mol. The van der Waals surface area contributed by atoms with Gasteiger partial charge in [-0.2, -0.15) is 0 Å². The molecule has 0 aliphatic heterocycles. The fourth-order valence-corrected chi connectivity index (χ4v) is 2.07. The first-order chi connectivity index (χ1) is 11.0. The molecule has 24 heavy (non-hydrogen) atoms. The first-order valence-electron chi connectivity index (χ1n) is 7.87. The maximum Gasteiger partial charge on any atom is 0.412 e.